The lowest BCUT2D eigenvalue weighted by molar-refractivity contribution is -0.142. The zero-order valence-electron chi connectivity index (χ0n) is 21.5. The van der Waals surface area contributed by atoms with Gasteiger partial charge < -0.3 is 48.3 Å². The number of carbonyl (C=O) groups excluding carboxylic acids is 3. The summed E-state index contributed by atoms with van der Waals surface area (Å²) in [7, 11) is 0. The average molecular weight is 546 g/mol. The number of hydrogen-bond donors (Lipinski definition) is 9. The number of nitrogens with two attached hydrogens (primary N) is 3. The highest BCUT2D eigenvalue weighted by Gasteiger charge is 2.29. The number of carboxylic acid groups (broad SMARTS) is 1. The molecule has 0 fully saturated rings. The van der Waals surface area contributed by atoms with Crippen molar-refractivity contribution < 1.29 is 29.4 Å². The normalized spacial score (nSPS) is 13.8. The van der Waals surface area contributed by atoms with Crippen LogP contribution in [0.5, 0.6) is 5.75 Å². The number of imidazole rings is 1. The predicted molar refractivity (Wildman–Crippen MR) is 141 cm³/mol. The van der Waals surface area contributed by atoms with Gasteiger partial charge >= 0.3 is 5.97 Å². The summed E-state index contributed by atoms with van der Waals surface area (Å²) < 4.78 is 0. The van der Waals surface area contributed by atoms with E-state index in [0.29, 0.717) is 17.7 Å². The van der Waals surface area contributed by atoms with Crippen LogP contribution < -0.4 is 33.2 Å². The maximum Gasteiger partial charge on any atom is 0.326 e. The zero-order valence-corrected chi connectivity index (χ0v) is 21.5. The first-order valence-electron chi connectivity index (χ1n) is 12.2. The van der Waals surface area contributed by atoms with E-state index in [1.165, 1.54) is 43.7 Å². The maximum absolute atomic E-state index is 13.1. The number of aromatic nitrogens is 2. The van der Waals surface area contributed by atoms with E-state index in [0.717, 1.165) is 0 Å². The molecule has 3 amide bonds. The first kappa shape index (κ1) is 30.6. The third-order valence-corrected chi connectivity index (χ3v) is 5.66. The Labute approximate surface area is 224 Å². The van der Waals surface area contributed by atoms with Crippen molar-refractivity contribution >= 4 is 29.7 Å². The van der Waals surface area contributed by atoms with Gasteiger partial charge in [-0.15, -0.1) is 0 Å². The van der Waals surface area contributed by atoms with Gasteiger partial charge in [-0.3, -0.25) is 19.4 Å². The average Bonchev–Trinajstić information content (AvgIpc) is 3.39. The number of aromatic hydroxyl groups is 1. The topological polar surface area (TPSA) is 264 Å². The molecule has 4 atom stereocenters. The number of nitrogens with one attached hydrogen (secondary N) is 4. The lowest BCUT2D eigenvalue weighted by atomic mass is 10.1. The number of aromatic amines is 1. The van der Waals surface area contributed by atoms with Gasteiger partial charge in [-0.2, -0.15) is 0 Å². The number of hydrogen-bond acceptors (Lipinski definition) is 8. The highest BCUT2D eigenvalue weighted by molar-refractivity contribution is 5.94. The van der Waals surface area contributed by atoms with E-state index in [2.05, 4.69) is 30.9 Å². The minimum atomic E-state index is -1.28. The van der Waals surface area contributed by atoms with Gasteiger partial charge in [-0.05, 0) is 37.5 Å². The van der Waals surface area contributed by atoms with Crippen molar-refractivity contribution in [1.82, 2.24) is 25.9 Å². The number of H-pyrrole nitrogens is 1. The van der Waals surface area contributed by atoms with E-state index >= 15 is 0 Å². The molecular weight excluding hydrogens is 510 g/mol. The van der Waals surface area contributed by atoms with E-state index in [1.807, 2.05) is 0 Å². The minimum absolute atomic E-state index is 0.0228. The quantitative estimate of drug-likeness (QED) is 0.0664. The van der Waals surface area contributed by atoms with Crippen LogP contribution in [0, 0.1) is 0 Å². The van der Waals surface area contributed by atoms with Crippen LogP contribution >= 0.6 is 0 Å². The van der Waals surface area contributed by atoms with Gasteiger partial charge in [0.2, 0.25) is 17.7 Å². The molecule has 39 heavy (non-hydrogen) atoms. The number of carbonyl (C=O) groups is 4. The summed E-state index contributed by atoms with van der Waals surface area (Å²) in [6.07, 6.45) is 3.59. The second-order valence-corrected chi connectivity index (χ2v) is 8.90. The Balaban J connectivity index is 2.01. The van der Waals surface area contributed by atoms with Gasteiger partial charge in [-0.25, -0.2) is 9.78 Å². The molecule has 212 valence electrons. The number of aliphatic carboxylic acids is 1. The minimum Gasteiger partial charge on any atom is -0.508 e. The Hall–Kier alpha value is -4.66. The lowest BCUT2D eigenvalue weighted by Gasteiger charge is -2.23. The monoisotopic (exact) mass is 545 g/mol. The van der Waals surface area contributed by atoms with Crippen molar-refractivity contribution in [2.75, 3.05) is 6.54 Å². The summed E-state index contributed by atoms with van der Waals surface area (Å²) in [5.74, 6) is -3.33. The predicted octanol–water partition coefficient (Wildman–Crippen LogP) is -2.16. The molecule has 1 heterocycles. The molecule has 0 saturated heterocycles. The van der Waals surface area contributed by atoms with Crippen LogP contribution in [0.4, 0.5) is 0 Å². The third-order valence-electron chi connectivity index (χ3n) is 5.66. The molecule has 0 spiro atoms. The number of amides is 3. The van der Waals surface area contributed by atoms with Crippen molar-refractivity contribution in [3.05, 3.63) is 48.0 Å². The largest absolute Gasteiger partial charge is 0.508 e. The van der Waals surface area contributed by atoms with E-state index in [9.17, 15) is 29.4 Å². The summed E-state index contributed by atoms with van der Waals surface area (Å²) in [6.45, 7) is 1.68. The van der Waals surface area contributed by atoms with E-state index in [1.54, 1.807) is 0 Å². The first-order valence-corrected chi connectivity index (χ1v) is 12.2. The molecule has 15 nitrogen and oxygen atoms in total. The molecule has 2 rings (SSSR count). The fourth-order valence-electron chi connectivity index (χ4n) is 3.50. The molecule has 2 aromatic rings. The third kappa shape index (κ3) is 10.7. The van der Waals surface area contributed by atoms with Crippen LogP contribution in [0.25, 0.3) is 0 Å². The first-order chi connectivity index (χ1) is 18.5. The second-order valence-electron chi connectivity index (χ2n) is 8.90. The molecule has 12 N–H and O–H groups in total. The number of phenols is 1. The fourth-order valence-corrected chi connectivity index (χ4v) is 3.50. The highest BCUT2D eigenvalue weighted by Crippen LogP contribution is 2.11. The lowest BCUT2D eigenvalue weighted by Crippen LogP contribution is -2.57. The SMILES string of the molecule is CC(NC(=O)C(Cc1cnc[nH]1)NC(=O)C(N)CCCN=C(N)N)C(=O)NC(Cc1ccc(O)cc1)C(=O)O. The van der Waals surface area contributed by atoms with E-state index in [4.69, 9.17) is 17.2 Å². The molecule has 1 aromatic carbocycles. The summed E-state index contributed by atoms with van der Waals surface area (Å²) in [4.78, 5) is 60.7. The molecule has 0 aliphatic carbocycles. The molecule has 0 saturated carbocycles. The Kier molecular flexibility index (Phi) is 11.7. The highest BCUT2D eigenvalue weighted by atomic mass is 16.4. The van der Waals surface area contributed by atoms with Crippen molar-refractivity contribution in [3.63, 3.8) is 0 Å². The summed E-state index contributed by atoms with van der Waals surface area (Å²) >= 11 is 0. The van der Waals surface area contributed by atoms with Crippen molar-refractivity contribution in [3.8, 4) is 5.75 Å². The summed E-state index contributed by atoms with van der Waals surface area (Å²) in [6, 6.07) is 1.43. The molecule has 0 radical (unpaired) electrons. The van der Waals surface area contributed by atoms with Gasteiger partial charge in [-0.1, -0.05) is 12.1 Å². The van der Waals surface area contributed by atoms with Gasteiger partial charge in [0, 0.05) is 31.3 Å². The number of phenolic OH excluding ortho intramolecular Hbond substituents is 1. The van der Waals surface area contributed by atoms with Crippen LogP contribution in [0.3, 0.4) is 0 Å². The molecule has 0 bridgehead atoms. The molecule has 1 aromatic heterocycles. The van der Waals surface area contributed by atoms with Crippen LogP contribution in [0.1, 0.15) is 31.0 Å². The zero-order chi connectivity index (χ0) is 28.9. The molecular formula is C24H35N9O6. The van der Waals surface area contributed by atoms with Crippen LogP contribution in [-0.2, 0) is 32.0 Å². The Morgan fingerprint density at radius 3 is 2.26 bits per heavy atom. The standard InChI is InChI=1S/C24H35N9O6/c1-13(20(35)33-19(23(38)39)9-14-4-6-16(34)7-5-14)31-22(37)18(10-15-11-28-12-30-15)32-21(36)17(25)3-2-8-29-24(26)27/h4-7,11-13,17-19,34H,2-3,8-10,25H2,1H3,(H,28,30)(H,31,37)(H,32,36)(H,33,35)(H,38,39)(H4,26,27,29). The summed E-state index contributed by atoms with van der Waals surface area (Å²) in [5, 5.41) is 26.4. The number of carboxylic acids is 1. The van der Waals surface area contributed by atoms with E-state index < -0.39 is 47.9 Å². The maximum atomic E-state index is 13.1. The van der Waals surface area contributed by atoms with Crippen molar-refractivity contribution in [2.24, 2.45) is 22.2 Å². The van der Waals surface area contributed by atoms with Gasteiger partial charge in [0.15, 0.2) is 5.96 Å². The smallest absolute Gasteiger partial charge is 0.326 e. The number of nitrogens with zero attached hydrogens (tertiary/aromatic N) is 2. The van der Waals surface area contributed by atoms with Crippen LogP contribution in [0.2, 0.25) is 0 Å². The molecule has 15 heteroatoms. The molecule has 0 aliphatic rings. The molecule has 0 aliphatic heterocycles. The number of benzene rings is 1. The number of guanidine groups is 1. The van der Waals surface area contributed by atoms with Crippen LogP contribution in [-0.4, -0.2) is 80.5 Å². The van der Waals surface area contributed by atoms with Gasteiger partial charge in [0.25, 0.3) is 0 Å². The Morgan fingerprint density at radius 2 is 1.67 bits per heavy atom. The van der Waals surface area contributed by atoms with Crippen LogP contribution in [0.15, 0.2) is 41.8 Å². The fraction of sp³-hybridized carbons (Fsp3) is 0.417. The summed E-state index contributed by atoms with van der Waals surface area (Å²) in [5.41, 5.74) is 17.6. The number of aliphatic imine (C=N–C) groups is 1. The Morgan fingerprint density at radius 1 is 1.00 bits per heavy atom. The number of rotatable bonds is 15. The van der Waals surface area contributed by atoms with Gasteiger partial charge in [0.1, 0.15) is 23.9 Å². The second kappa shape index (κ2) is 14.9. The molecule has 4 unspecified atom stereocenters. The van der Waals surface area contributed by atoms with Crippen molar-refractivity contribution in [1.29, 1.82) is 0 Å². The van der Waals surface area contributed by atoms with E-state index in [-0.39, 0.29) is 37.5 Å². The Bertz CT molecular complexity index is 1130. The van der Waals surface area contributed by atoms with Crippen molar-refractivity contribution in [2.45, 2.75) is 56.8 Å². The van der Waals surface area contributed by atoms with Gasteiger partial charge in [0.05, 0.1) is 12.4 Å².